The highest BCUT2D eigenvalue weighted by atomic mass is 16.5. The molecule has 0 amide bonds. The quantitative estimate of drug-likeness (QED) is 0.176. The Morgan fingerprint density at radius 2 is 1.56 bits per heavy atom. The number of rotatable bonds is 12. The minimum atomic E-state index is 0.398. The van der Waals surface area contributed by atoms with E-state index in [0.717, 1.165) is 62.6 Å². The van der Waals surface area contributed by atoms with Crippen molar-refractivity contribution in [1.29, 1.82) is 0 Å². The summed E-state index contributed by atoms with van der Waals surface area (Å²) in [7, 11) is 0. The van der Waals surface area contributed by atoms with E-state index in [-0.39, 0.29) is 0 Å². The van der Waals surface area contributed by atoms with Crippen LogP contribution in [0.3, 0.4) is 0 Å². The van der Waals surface area contributed by atoms with Crippen LogP contribution in [-0.4, -0.2) is 27.6 Å². The van der Waals surface area contributed by atoms with E-state index in [2.05, 4.69) is 103 Å². The molecule has 1 saturated heterocycles. The number of benzene rings is 3. The highest BCUT2D eigenvalue weighted by molar-refractivity contribution is 5.72. The monoisotopic (exact) mass is 549 g/mol. The number of unbranched alkanes of at least 4 members (excludes halogenated alkanes) is 1. The summed E-state index contributed by atoms with van der Waals surface area (Å²) in [6.45, 7) is 12.6. The van der Waals surface area contributed by atoms with Crippen LogP contribution in [0.4, 0.5) is 0 Å². The molecule has 1 atom stereocenters. The maximum atomic E-state index is 5.75. The fourth-order valence-electron chi connectivity index (χ4n) is 6.45. The molecule has 0 saturated carbocycles. The molecule has 0 radical (unpaired) electrons. The summed E-state index contributed by atoms with van der Waals surface area (Å²) < 4.78 is 8.33. The van der Waals surface area contributed by atoms with Gasteiger partial charge in [-0.15, -0.1) is 0 Å². The molecule has 0 spiro atoms. The van der Waals surface area contributed by atoms with E-state index < -0.39 is 0 Å². The van der Waals surface area contributed by atoms with Gasteiger partial charge in [-0.2, -0.15) is 0 Å². The number of aromatic nitrogens is 2. The zero-order chi connectivity index (χ0) is 28.6. The van der Waals surface area contributed by atoms with Crippen molar-refractivity contribution in [3.8, 4) is 28.4 Å². The summed E-state index contributed by atoms with van der Waals surface area (Å²) in [5.41, 5.74) is 9.22. The Balaban J connectivity index is 1.63. The van der Waals surface area contributed by atoms with E-state index in [9.17, 15) is 0 Å². The molecule has 1 aliphatic heterocycles. The normalized spacial score (nSPS) is 15.8. The first-order chi connectivity index (χ1) is 20.2. The van der Waals surface area contributed by atoms with Crippen LogP contribution in [-0.2, 0) is 25.9 Å². The molecule has 3 aromatic carbocycles. The van der Waals surface area contributed by atoms with Crippen molar-refractivity contribution in [3.05, 3.63) is 95.2 Å². The lowest BCUT2D eigenvalue weighted by Gasteiger charge is -2.36. The molecule has 2 heterocycles. The smallest absolute Gasteiger partial charge is 0.141 e. The number of hydrogen-bond donors (Lipinski definition) is 0. The van der Waals surface area contributed by atoms with Crippen LogP contribution in [0.2, 0.25) is 0 Å². The standard InChI is InChI=1S/C37H47N3O/c1-5-9-26-40-34(27-39-25-14-13-20-33(39)30-21-23-32(24-22-30)41-8-4)36(31-16-11-10-12-17-31)38-37(40)35-28(6-2)18-15-19-29(35)7-3/h10-12,15-19,21-24,33H,5-9,13-14,20,25-27H2,1-4H3. The molecule has 4 aromatic rings. The Bertz CT molecular complexity index is 1370. The Hall–Kier alpha value is -3.37. The first kappa shape index (κ1) is 29.1. The van der Waals surface area contributed by atoms with Gasteiger partial charge in [-0.05, 0) is 74.4 Å². The number of ether oxygens (including phenoxy) is 1. The van der Waals surface area contributed by atoms with Gasteiger partial charge in [0, 0.05) is 30.3 Å². The third kappa shape index (κ3) is 6.43. The molecule has 4 nitrogen and oxygen atoms in total. The maximum Gasteiger partial charge on any atom is 0.141 e. The molecular weight excluding hydrogens is 502 g/mol. The minimum Gasteiger partial charge on any atom is -0.494 e. The van der Waals surface area contributed by atoms with Gasteiger partial charge in [-0.25, -0.2) is 4.98 Å². The molecule has 41 heavy (non-hydrogen) atoms. The summed E-state index contributed by atoms with van der Waals surface area (Å²) >= 11 is 0. The molecule has 1 aliphatic rings. The van der Waals surface area contributed by atoms with E-state index in [1.807, 2.05) is 6.92 Å². The van der Waals surface area contributed by atoms with Crippen LogP contribution in [0.25, 0.3) is 22.6 Å². The van der Waals surface area contributed by atoms with Gasteiger partial charge >= 0.3 is 0 Å². The van der Waals surface area contributed by atoms with Crippen LogP contribution in [0.5, 0.6) is 5.75 Å². The van der Waals surface area contributed by atoms with Crippen molar-refractivity contribution in [1.82, 2.24) is 14.5 Å². The van der Waals surface area contributed by atoms with Crippen molar-refractivity contribution >= 4 is 0 Å². The average Bonchev–Trinajstić information content (AvgIpc) is 3.38. The van der Waals surface area contributed by atoms with E-state index in [1.54, 1.807) is 0 Å². The number of aryl methyl sites for hydroxylation is 2. The summed E-state index contributed by atoms with van der Waals surface area (Å²) in [6.07, 6.45) is 8.00. The minimum absolute atomic E-state index is 0.398. The number of hydrogen-bond acceptors (Lipinski definition) is 3. The lowest BCUT2D eigenvalue weighted by molar-refractivity contribution is 0.137. The molecule has 0 bridgehead atoms. The number of imidazole rings is 1. The van der Waals surface area contributed by atoms with Crippen molar-refractivity contribution in [2.45, 2.75) is 91.8 Å². The van der Waals surface area contributed by atoms with E-state index >= 15 is 0 Å². The Labute approximate surface area is 247 Å². The predicted molar refractivity (Wildman–Crippen MR) is 171 cm³/mol. The Morgan fingerprint density at radius 3 is 2.22 bits per heavy atom. The van der Waals surface area contributed by atoms with Crippen molar-refractivity contribution < 1.29 is 4.74 Å². The first-order valence-electron chi connectivity index (χ1n) is 15.9. The maximum absolute atomic E-state index is 5.75. The average molecular weight is 550 g/mol. The molecule has 1 aromatic heterocycles. The van der Waals surface area contributed by atoms with Gasteiger partial charge in [0.05, 0.1) is 18.0 Å². The summed E-state index contributed by atoms with van der Waals surface area (Å²) in [5.74, 6) is 2.10. The largest absolute Gasteiger partial charge is 0.494 e. The van der Waals surface area contributed by atoms with Crippen LogP contribution < -0.4 is 4.74 Å². The summed E-state index contributed by atoms with van der Waals surface area (Å²) in [5, 5.41) is 0. The van der Waals surface area contributed by atoms with E-state index in [4.69, 9.17) is 9.72 Å². The molecule has 0 aliphatic carbocycles. The topological polar surface area (TPSA) is 30.3 Å². The van der Waals surface area contributed by atoms with Crippen LogP contribution >= 0.6 is 0 Å². The van der Waals surface area contributed by atoms with Gasteiger partial charge in [0.1, 0.15) is 11.6 Å². The summed E-state index contributed by atoms with van der Waals surface area (Å²) in [4.78, 5) is 8.25. The van der Waals surface area contributed by atoms with E-state index in [1.165, 1.54) is 52.8 Å². The molecule has 216 valence electrons. The molecule has 0 N–H and O–H groups in total. The van der Waals surface area contributed by atoms with Gasteiger partial charge in [-0.1, -0.05) is 94.3 Å². The lowest BCUT2D eigenvalue weighted by atomic mass is 9.94. The van der Waals surface area contributed by atoms with Gasteiger partial charge in [0.2, 0.25) is 0 Å². The van der Waals surface area contributed by atoms with Gasteiger partial charge in [0.25, 0.3) is 0 Å². The first-order valence-corrected chi connectivity index (χ1v) is 15.9. The third-order valence-electron chi connectivity index (χ3n) is 8.62. The number of piperidine rings is 1. The van der Waals surface area contributed by atoms with Crippen LogP contribution in [0.15, 0.2) is 72.8 Å². The zero-order valence-electron chi connectivity index (χ0n) is 25.5. The SMILES string of the molecule is CCCCn1c(-c2c(CC)cccc2CC)nc(-c2ccccc2)c1CN1CCCCC1c1ccc(OCC)cc1. The van der Waals surface area contributed by atoms with Crippen LogP contribution in [0.1, 0.15) is 88.2 Å². The van der Waals surface area contributed by atoms with Gasteiger partial charge in [-0.3, -0.25) is 4.90 Å². The second kappa shape index (κ2) is 14.0. The van der Waals surface area contributed by atoms with Crippen molar-refractivity contribution in [2.24, 2.45) is 0 Å². The second-order valence-corrected chi connectivity index (χ2v) is 11.2. The Morgan fingerprint density at radius 1 is 0.829 bits per heavy atom. The summed E-state index contributed by atoms with van der Waals surface area (Å²) in [6, 6.07) is 26.9. The lowest BCUT2D eigenvalue weighted by Crippen LogP contribution is -2.34. The predicted octanol–water partition coefficient (Wildman–Crippen LogP) is 9.27. The van der Waals surface area contributed by atoms with Gasteiger partial charge in [0.15, 0.2) is 0 Å². The third-order valence-corrected chi connectivity index (χ3v) is 8.62. The molecular formula is C37H47N3O. The highest BCUT2D eigenvalue weighted by Crippen LogP contribution is 2.38. The fourth-order valence-corrected chi connectivity index (χ4v) is 6.45. The van der Waals surface area contributed by atoms with Gasteiger partial charge < -0.3 is 9.30 Å². The zero-order valence-corrected chi connectivity index (χ0v) is 25.5. The molecule has 1 unspecified atom stereocenters. The van der Waals surface area contributed by atoms with Crippen molar-refractivity contribution in [2.75, 3.05) is 13.2 Å². The van der Waals surface area contributed by atoms with Crippen LogP contribution in [0, 0.1) is 0 Å². The highest BCUT2D eigenvalue weighted by Gasteiger charge is 2.29. The molecule has 5 rings (SSSR count). The molecule has 1 fully saturated rings. The number of nitrogens with zero attached hydrogens (tertiary/aromatic N) is 3. The Kier molecular flexibility index (Phi) is 9.95. The molecule has 4 heteroatoms. The fraction of sp³-hybridized carbons (Fsp3) is 0.432. The van der Waals surface area contributed by atoms with Crippen molar-refractivity contribution in [3.63, 3.8) is 0 Å². The van der Waals surface area contributed by atoms with E-state index in [0.29, 0.717) is 12.6 Å². The second-order valence-electron chi connectivity index (χ2n) is 11.2. The number of likely N-dealkylation sites (tertiary alicyclic amines) is 1.